The van der Waals surface area contributed by atoms with E-state index in [9.17, 15) is 41.9 Å². The molecule has 6 aliphatic heterocycles. The molecule has 18 heteroatoms. The van der Waals surface area contributed by atoms with Crippen molar-refractivity contribution in [3.05, 3.63) is 225 Å². The van der Waals surface area contributed by atoms with Crippen LogP contribution in [0.3, 0.4) is 0 Å². The predicted octanol–water partition coefficient (Wildman–Crippen LogP) is 12.3. The summed E-state index contributed by atoms with van der Waals surface area (Å²) in [5.41, 5.74) is 11.1. The molecule has 6 aliphatic rings. The number of hydrogen-bond acceptors (Lipinski definition) is 9. The second kappa shape index (κ2) is 27.0. The molecule has 4 saturated heterocycles. The highest BCUT2D eigenvalue weighted by Crippen LogP contribution is 2.43. The monoisotopic (exact) mass is 1230 g/mol. The largest absolute Gasteiger partial charge is 0.369 e. The summed E-state index contributed by atoms with van der Waals surface area (Å²) in [6, 6.07) is 45.6. The zero-order valence-electron chi connectivity index (χ0n) is 49.2. The number of imide groups is 2. The van der Waals surface area contributed by atoms with Crippen LogP contribution in [0.15, 0.2) is 146 Å². The van der Waals surface area contributed by atoms with Crippen LogP contribution in [0.1, 0.15) is 111 Å². The van der Waals surface area contributed by atoms with Gasteiger partial charge in [0.05, 0.1) is 35.3 Å². The summed E-state index contributed by atoms with van der Waals surface area (Å²) in [5.74, 6) is -2.72. The Morgan fingerprint density at radius 2 is 1.00 bits per heavy atom. The Morgan fingerprint density at radius 3 is 1.46 bits per heavy atom. The summed E-state index contributed by atoms with van der Waals surface area (Å²) >= 11 is 0. The average molecular weight is 1230 g/mol. The molecular weight excluding hydrogens is 1170 g/mol. The molecule has 6 amide bonds. The van der Waals surface area contributed by atoms with Gasteiger partial charge in [-0.3, -0.25) is 49.2 Å². The van der Waals surface area contributed by atoms with Gasteiger partial charge in [-0.05, 0) is 188 Å². The fourth-order valence-corrected chi connectivity index (χ4v) is 13.5. The number of nitrogens with zero attached hydrogens (tertiary/aromatic N) is 5. The summed E-state index contributed by atoms with van der Waals surface area (Å²) in [6.07, 6.45) is 9.18. The molecule has 4 fully saturated rings. The Bertz CT molecular complexity index is 4230. The summed E-state index contributed by atoms with van der Waals surface area (Å²) < 4.78 is 38.9. The number of benzene rings is 8. The van der Waals surface area contributed by atoms with Gasteiger partial charge in [-0.2, -0.15) is 5.26 Å². The number of anilines is 3. The lowest BCUT2D eigenvalue weighted by atomic mass is 9.89. The first kappa shape index (κ1) is 61.9. The molecule has 2 unspecified atom stereocenters. The summed E-state index contributed by atoms with van der Waals surface area (Å²) in [7, 11) is 0. The van der Waals surface area contributed by atoms with Crippen molar-refractivity contribution in [2.24, 2.45) is 11.8 Å². The van der Waals surface area contributed by atoms with Crippen LogP contribution in [0.2, 0.25) is 0 Å². The minimum atomic E-state index is -0.978. The Kier molecular flexibility index (Phi) is 18.6. The highest BCUT2D eigenvalue weighted by atomic mass is 35.5. The molecule has 0 aliphatic carbocycles. The number of hydrogen-bond donors (Lipinski definition) is 3. The first-order chi connectivity index (χ1) is 43.2. The molecule has 0 spiro atoms. The smallest absolute Gasteiger partial charge is 0.259 e. The lowest BCUT2D eigenvalue weighted by Crippen LogP contribution is -2.53. The van der Waals surface area contributed by atoms with E-state index < -0.39 is 35.5 Å². The maximum atomic E-state index is 14.5. The third kappa shape index (κ3) is 12.9. The Labute approximate surface area is 525 Å². The first-order valence-corrected chi connectivity index (χ1v) is 30.3. The lowest BCUT2D eigenvalue weighted by molar-refractivity contribution is -0.135. The molecule has 8 aromatic carbocycles. The standard InChI is InChI=1S/C36H31FN4O3.C29H29N3O3.C7H3F2N.ClH/c37-29-20-25(21-38)8-10-30(29)40-16-14-24(15-17-40)18-22-4-6-23(7-5-22)19-26-9-11-31-34-27(26)2-1-3-28(34)36(44)41(31)32-12-13-33(42)39-35(32)43;33-26-11-10-25(28(34)31-26)32-24-9-8-21(22-2-1-3-23(27(22)24)29(32)35)17-19-6-4-18(5-7-19)16-20-12-14-30-15-13-20;1-10-5-2-3-6(8)7(9)4-5;/h1-11,20,24,32H,12-19H2,(H,39,42,43);1-9,20,25,30H,10-17H2,(H,31,33,34);2-4H;1H. The second-order valence-electron chi connectivity index (χ2n) is 23.7. The zero-order valence-corrected chi connectivity index (χ0v) is 50.0. The Balaban J connectivity index is 0.000000162. The van der Waals surface area contributed by atoms with Crippen molar-refractivity contribution in [3.8, 4) is 6.07 Å². The molecule has 14 nitrogen and oxygen atoms in total. The number of halogens is 4. The number of carbonyl (C=O) groups is 6. The van der Waals surface area contributed by atoms with E-state index in [1.807, 2.05) is 54.6 Å². The minimum absolute atomic E-state index is 0. The van der Waals surface area contributed by atoms with Crippen LogP contribution >= 0.6 is 12.4 Å². The Hall–Kier alpha value is -9.68. The molecule has 0 saturated carbocycles. The van der Waals surface area contributed by atoms with Gasteiger partial charge in [0.15, 0.2) is 11.5 Å². The van der Waals surface area contributed by atoms with Gasteiger partial charge in [0.25, 0.3) is 11.8 Å². The molecule has 14 rings (SSSR count). The van der Waals surface area contributed by atoms with E-state index in [4.69, 9.17) is 11.8 Å². The van der Waals surface area contributed by atoms with Crippen molar-refractivity contribution in [2.75, 3.05) is 40.9 Å². The van der Waals surface area contributed by atoms with Gasteiger partial charge in [0, 0.05) is 47.8 Å². The van der Waals surface area contributed by atoms with Gasteiger partial charge in [0.2, 0.25) is 23.6 Å². The zero-order chi connectivity index (χ0) is 61.9. The van der Waals surface area contributed by atoms with E-state index in [-0.39, 0.29) is 60.4 Å². The van der Waals surface area contributed by atoms with E-state index in [2.05, 4.69) is 86.4 Å². The molecule has 6 heterocycles. The van der Waals surface area contributed by atoms with Crippen LogP contribution in [-0.4, -0.2) is 73.7 Å². The lowest BCUT2D eigenvalue weighted by Gasteiger charge is -2.34. The number of carbonyl (C=O) groups excluding carboxylic acids is 6. The SMILES string of the molecule is Cl.N#Cc1ccc(N2CCC(Cc3ccc(Cc4ccc5c6c(cccc46)C(=O)N5C4CCC(=O)NC4=O)cc3)CC2)c(F)c1.O=C1CCC(N2C(=O)c3cccc4c(Cc5ccc(CC6CCNCC6)cc5)ccc2c34)C(=O)N1.[C-]#[N+]c1ccc(F)c(F)c1. The minimum Gasteiger partial charge on any atom is -0.369 e. The normalized spacial score (nSPS) is 18.0. The third-order valence-electron chi connectivity index (χ3n) is 18.1. The highest BCUT2D eigenvalue weighted by molar-refractivity contribution is 6.28. The van der Waals surface area contributed by atoms with Crippen LogP contribution in [0.5, 0.6) is 0 Å². The molecule has 2 atom stereocenters. The van der Waals surface area contributed by atoms with E-state index in [1.54, 1.807) is 21.9 Å². The predicted molar refractivity (Wildman–Crippen MR) is 341 cm³/mol. The van der Waals surface area contributed by atoms with Gasteiger partial charge in [-0.15, -0.1) is 12.4 Å². The highest BCUT2D eigenvalue weighted by Gasteiger charge is 2.42. The van der Waals surface area contributed by atoms with Gasteiger partial charge in [-0.1, -0.05) is 91.0 Å². The van der Waals surface area contributed by atoms with E-state index >= 15 is 0 Å². The molecule has 8 aromatic rings. The molecular formula is C72H64ClF3N8O6. The van der Waals surface area contributed by atoms with Crippen molar-refractivity contribution >= 4 is 92.1 Å². The van der Waals surface area contributed by atoms with E-state index in [1.165, 1.54) is 47.2 Å². The van der Waals surface area contributed by atoms with E-state index in [0.29, 0.717) is 47.6 Å². The van der Waals surface area contributed by atoms with Crippen LogP contribution in [-0.2, 0) is 44.9 Å². The summed E-state index contributed by atoms with van der Waals surface area (Å²) in [4.78, 5) is 83.4. The van der Waals surface area contributed by atoms with E-state index in [0.717, 1.165) is 120 Å². The Morgan fingerprint density at radius 1 is 0.522 bits per heavy atom. The molecule has 3 N–H and O–H groups in total. The number of rotatable bonds is 11. The van der Waals surface area contributed by atoms with Gasteiger partial charge >= 0.3 is 0 Å². The second-order valence-corrected chi connectivity index (χ2v) is 23.7. The fourth-order valence-electron chi connectivity index (χ4n) is 13.5. The molecule has 0 aromatic heterocycles. The maximum absolute atomic E-state index is 14.5. The third-order valence-corrected chi connectivity index (χ3v) is 18.1. The fraction of sp³-hybridized carbons (Fsp3) is 0.278. The van der Waals surface area contributed by atoms with Crippen molar-refractivity contribution in [1.29, 1.82) is 5.26 Å². The van der Waals surface area contributed by atoms with Gasteiger partial charge in [0.1, 0.15) is 23.7 Å². The van der Waals surface area contributed by atoms with Crippen LogP contribution < -0.4 is 30.7 Å². The first-order valence-electron chi connectivity index (χ1n) is 30.3. The van der Waals surface area contributed by atoms with Gasteiger partial charge in [-0.25, -0.2) is 18.0 Å². The van der Waals surface area contributed by atoms with Gasteiger partial charge < -0.3 is 10.2 Å². The molecule has 0 radical (unpaired) electrons. The number of amides is 6. The van der Waals surface area contributed by atoms with Crippen LogP contribution in [0.4, 0.5) is 35.9 Å². The molecule has 456 valence electrons. The van der Waals surface area contributed by atoms with Crippen LogP contribution in [0.25, 0.3) is 26.4 Å². The summed E-state index contributed by atoms with van der Waals surface area (Å²) in [5, 5.41) is 21.0. The number of nitriles is 1. The van der Waals surface area contributed by atoms with Crippen molar-refractivity contribution in [3.63, 3.8) is 0 Å². The number of nitrogens with one attached hydrogen (secondary N) is 3. The molecule has 0 bridgehead atoms. The van der Waals surface area contributed by atoms with Crippen LogP contribution in [0, 0.1) is 47.2 Å². The number of piperidine rings is 4. The summed E-state index contributed by atoms with van der Waals surface area (Å²) in [6.45, 7) is 10.3. The van der Waals surface area contributed by atoms with Crippen molar-refractivity contribution in [2.45, 2.75) is 89.1 Å². The quantitative estimate of drug-likeness (QED) is 0.0840. The molecule has 90 heavy (non-hydrogen) atoms. The maximum Gasteiger partial charge on any atom is 0.259 e. The average Bonchev–Trinajstić information content (AvgIpc) is 1.85. The van der Waals surface area contributed by atoms with Crippen molar-refractivity contribution in [1.82, 2.24) is 16.0 Å². The topological polar surface area (TPSA) is 176 Å². The van der Waals surface area contributed by atoms with Crippen molar-refractivity contribution < 1.29 is 41.9 Å².